The number of pyridine rings is 2. The molecule has 36 heavy (non-hydrogen) atoms. The average Bonchev–Trinajstić information content (AvgIpc) is 2.89. The highest BCUT2D eigenvalue weighted by atomic mass is 35.5. The molecule has 0 bridgehead atoms. The maximum Gasteiger partial charge on any atom is 0.253 e. The van der Waals surface area contributed by atoms with Crippen LogP contribution in [0.1, 0.15) is 48.2 Å². The SMILES string of the molecule is O=C(c1ccc(-c2cncc(-c3ccnc(C4=CCC(F)(F)CC4)c3)c2)c(Cl)c1)N1CCC(O)CC1. The van der Waals surface area contributed by atoms with Gasteiger partial charge in [0, 0.05) is 71.8 Å². The van der Waals surface area contributed by atoms with Gasteiger partial charge in [-0.25, -0.2) is 8.78 Å². The first-order valence-corrected chi connectivity index (χ1v) is 12.4. The van der Waals surface area contributed by atoms with Crippen molar-refractivity contribution in [3.8, 4) is 22.3 Å². The van der Waals surface area contributed by atoms with Crippen molar-refractivity contribution < 1.29 is 18.7 Å². The Kier molecular flexibility index (Phi) is 6.86. The van der Waals surface area contributed by atoms with E-state index in [0.29, 0.717) is 48.6 Å². The van der Waals surface area contributed by atoms with Crippen LogP contribution < -0.4 is 0 Å². The summed E-state index contributed by atoms with van der Waals surface area (Å²) in [6.07, 6.45) is 7.39. The number of allylic oxidation sites excluding steroid dienone is 2. The van der Waals surface area contributed by atoms with E-state index in [0.717, 1.165) is 27.8 Å². The van der Waals surface area contributed by atoms with Crippen LogP contribution in [0.3, 0.4) is 0 Å². The van der Waals surface area contributed by atoms with Crippen molar-refractivity contribution in [1.29, 1.82) is 0 Å². The Hall–Kier alpha value is -3.16. The van der Waals surface area contributed by atoms with Crippen LogP contribution in [0.5, 0.6) is 0 Å². The quantitative estimate of drug-likeness (QED) is 0.450. The standard InChI is InChI=1S/C28H26ClF2N3O2/c29-25-14-20(27(36)34-11-6-23(35)7-12-34)1-2-24(25)22-13-21(16-32-17-22)19-5-10-33-26(15-19)18-3-8-28(30,31)9-4-18/h1-3,5,10,13-17,23,35H,4,6-9,11-12H2. The van der Waals surface area contributed by atoms with Crippen LogP contribution in [0, 0.1) is 0 Å². The molecule has 1 aromatic carbocycles. The predicted molar refractivity (Wildman–Crippen MR) is 136 cm³/mol. The van der Waals surface area contributed by atoms with Gasteiger partial charge >= 0.3 is 0 Å². The number of likely N-dealkylation sites (tertiary alicyclic amines) is 1. The molecule has 0 unspecified atom stereocenters. The van der Waals surface area contributed by atoms with E-state index in [1.54, 1.807) is 41.7 Å². The molecule has 1 fully saturated rings. The average molecular weight is 510 g/mol. The minimum absolute atomic E-state index is 0.0960. The number of amides is 1. The smallest absolute Gasteiger partial charge is 0.253 e. The number of rotatable bonds is 4. The molecule has 3 heterocycles. The molecule has 0 spiro atoms. The molecule has 186 valence electrons. The minimum Gasteiger partial charge on any atom is -0.393 e. The number of hydrogen-bond donors (Lipinski definition) is 1. The van der Waals surface area contributed by atoms with Crippen molar-refractivity contribution in [1.82, 2.24) is 14.9 Å². The monoisotopic (exact) mass is 509 g/mol. The Balaban J connectivity index is 1.38. The first kappa shape index (κ1) is 24.5. The summed E-state index contributed by atoms with van der Waals surface area (Å²) in [5.41, 5.74) is 5.31. The second kappa shape index (κ2) is 10.1. The van der Waals surface area contributed by atoms with Crippen LogP contribution in [-0.2, 0) is 0 Å². The van der Waals surface area contributed by atoms with Gasteiger partial charge in [-0.15, -0.1) is 0 Å². The number of carbonyl (C=O) groups excluding carboxylic acids is 1. The molecule has 8 heteroatoms. The Labute approximate surface area is 213 Å². The van der Waals surface area contributed by atoms with E-state index < -0.39 is 5.92 Å². The Morgan fingerprint density at radius 3 is 2.56 bits per heavy atom. The van der Waals surface area contributed by atoms with Crippen molar-refractivity contribution in [2.24, 2.45) is 0 Å². The zero-order chi connectivity index (χ0) is 25.3. The topological polar surface area (TPSA) is 66.3 Å². The van der Waals surface area contributed by atoms with Crippen LogP contribution in [0.2, 0.25) is 5.02 Å². The van der Waals surface area contributed by atoms with Gasteiger partial charge in [-0.05, 0) is 60.7 Å². The van der Waals surface area contributed by atoms with Gasteiger partial charge in [0.25, 0.3) is 11.8 Å². The molecule has 1 aliphatic carbocycles. The van der Waals surface area contributed by atoms with E-state index in [4.69, 9.17) is 11.6 Å². The molecule has 3 aromatic rings. The molecule has 0 saturated carbocycles. The summed E-state index contributed by atoms with van der Waals surface area (Å²) >= 11 is 6.60. The fourth-order valence-corrected chi connectivity index (χ4v) is 4.98. The van der Waals surface area contributed by atoms with Gasteiger partial charge in [0.15, 0.2) is 0 Å². The summed E-state index contributed by atoms with van der Waals surface area (Å²) in [5.74, 6) is -2.74. The van der Waals surface area contributed by atoms with Gasteiger partial charge in [0.2, 0.25) is 0 Å². The Morgan fingerprint density at radius 2 is 1.83 bits per heavy atom. The fourth-order valence-electron chi connectivity index (χ4n) is 4.69. The van der Waals surface area contributed by atoms with Crippen LogP contribution in [0.4, 0.5) is 8.78 Å². The molecular formula is C28H26ClF2N3O2. The third-order valence-corrected chi connectivity index (χ3v) is 7.16. The third-order valence-electron chi connectivity index (χ3n) is 6.85. The van der Waals surface area contributed by atoms with Crippen molar-refractivity contribution in [2.45, 2.75) is 44.1 Å². The van der Waals surface area contributed by atoms with Gasteiger partial charge < -0.3 is 10.0 Å². The molecule has 2 aliphatic rings. The van der Waals surface area contributed by atoms with E-state index in [2.05, 4.69) is 9.97 Å². The molecule has 1 N–H and O–H groups in total. The van der Waals surface area contributed by atoms with E-state index in [1.165, 1.54) is 0 Å². The lowest BCUT2D eigenvalue weighted by Gasteiger charge is -2.29. The molecule has 0 atom stereocenters. The molecule has 5 rings (SSSR count). The second-order valence-corrected chi connectivity index (χ2v) is 9.81. The molecule has 1 aliphatic heterocycles. The van der Waals surface area contributed by atoms with E-state index in [-0.39, 0.29) is 24.9 Å². The Bertz CT molecular complexity index is 1320. The van der Waals surface area contributed by atoms with E-state index in [1.807, 2.05) is 24.3 Å². The highest BCUT2D eigenvalue weighted by molar-refractivity contribution is 6.33. The molecule has 5 nitrogen and oxygen atoms in total. The number of alkyl halides is 2. The number of piperidine rings is 1. The number of halogens is 3. The van der Waals surface area contributed by atoms with E-state index >= 15 is 0 Å². The predicted octanol–water partition coefficient (Wildman–Crippen LogP) is 6.26. The molecule has 0 radical (unpaired) electrons. The largest absolute Gasteiger partial charge is 0.393 e. The number of aromatic nitrogens is 2. The second-order valence-electron chi connectivity index (χ2n) is 9.40. The molecule has 1 saturated heterocycles. The van der Waals surface area contributed by atoms with Gasteiger partial charge in [0.1, 0.15) is 0 Å². The fraction of sp³-hybridized carbons (Fsp3) is 0.321. The van der Waals surface area contributed by atoms with Crippen LogP contribution >= 0.6 is 11.6 Å². The Morgan fingerprint density at radius 1 is 1.06 bits per heavy atom. The summed E-state index contributed by atoms with van der Waals surface area (Å²) in [6.45, 7) is 1.05. The summed E-state index contributed by atoms with van der Waals surface area (Å²) in [4.78, 5) is 23.4. The number of hydrogen-bond acceptors (Lipinski definition) is 4. The van der Waals surface area contributed by atoms with Crippen molar-refractivity contribution in [2.75, 3.05) is 13.1 Å². The third kappa shape index (κ3) is 5.32. The van der Waals surface area contributed by atoms with Gasteiger partial charge in [-0.1, -0.05) is 23.7 Å². The van der Waals surface area contributed by atoms with Crippen LogP contribution in [0.25, 0.3) is 27.8 Å². The van der Waals surface area contributed by atoms with Crippen molar-refractivity contribution in [3.63, 3.8) is 0 Å². The lowest BCUT2D eigenvalue weighted by molar-refractivity contribution is -0.00606. The highest BCUT2D eigenvalue weighted by Gasteiger charge is 2.31. The maximum atomic E-state index is 13.5. The van der Waals surface area contributed by atoms with Crippen LogP contribution in [0.15, 0.2) is 61.1 Å². The zero-order valence-corrected chi connectivity index (χ0v) is 20.4. The normalized spacial score (nSPS) is 18.1. The van der Waals surface area contributed by atoms with E-state index in [9.17, 15) is 18.7 Å². The number of aliphatic hydroxyl groups excluding tert-OH is 1. The highest BCUT2D eigenvalue weighted by Crippen LogP contribution is 2.37. The summed E-state index contributed by atoms with van der Waals surface area (Å²) < 4.78 is 27.1. The van der Waals surface area contributed by atoms with Crippen molar-refractivity contribution in [3.05, 3.63) is 77.3 Å². The minimum atomic E-state index is -2.64. The zero-order valence-electron chi connectivity index (χ0n) is 19.6. The first-order valence-electron chi connectivity index (χ1n) is 12.0. The summed E-state index contributed by atoms with van der Waals surface area (Å²) in [6, 6.07) is 11.0. The number of nitrogens with zero attached hydrogens (tertiary/aromatic N) is 3. The summed E-state index contributed by atoms with van der Waals surface area (Å²) in [7, 11) is 0. The summed E-state index contributed by atoms with van der Waals surface area (Å²) in [5, 5.41) is 10.1. The van der Waals surface area contributed by atoms with Crippen molar-refractivity contribution >= 4 is 23.1 Å². The van der Waals surface area contributed by atoms with Gasteiger partial charge in [-0.3, -0.25) is 14.8 Å². The number of carbonyl (C=O) groups is 1. The van der Waals surface area contributed by atoms with Gasteiger partial charge in [-0.2, -0.15) is 0 Å². The maximum absolute atomic E-state index is 13.5. The van der Waals surface area contributed by atoms with Crippen LogP contribution in [-0.4, -0.2) is 51.0 Å². The lowest BCUT2D eigenvalue weighted by Crippen LogP contribution is -2.40. The molecule has 1 amide bonds. The molecule has 2 aromatic heterocycles. The van der Waals surface area contributed by atoms with Gasteiger partial charge in [0.05, 0.1) is 11.8 Å². The first-order chi connectivity index (χ1) is 17.3. The lowest BCUT2D eigenvalue weighted by atomic mass is 9.93. The molecular weight excluding hydrogens is 484 g/mol. The number of benzene rings is 1. The number of aliphatic hydroxyl groups is 1.